The molecule has 4 nitrogen and oxygen atoms in total. The highest BCUT2D eigenvalue weighted by atomic mass is 19.1. The number of nitrogens with one attached hydrogen (secondary N) is 2. The summed E-state index contributed by atoms with van der Waals surface area (Å²) in [6.07, 6.45) is 0.373. The second-order valence-corrected chi connectivity index (χ2v) is 6.13. The van der Waals surface area contributed by atoms with Gasteiger partial charge in [0.25, 0.3) is 11.5 Å². The smallest absolute Gasteiger partial charge is 0.254 e. The Balaban J connectivity index is 1.74. The third kappa shape index (κ3) is 3.60. The summed E-state index contributed by atoms with van der Waals surface area (Å²) in [6, 6.07) is 11.6. The largest absolute Gasteiger partial charge is 0.352 e. The molecule has 25 heavy (non-hydrogen) atoms. The lowest BCUT2D eigenvalue weighted by Gasteiger charge is -2.08. The summed E-state index contributed by atoms with van der Waals surface area (Å²) in [5, 5.41) is 3.61. The van der Waals surface area contributed by atoms with E-state index in [1.807, 2.05) is 32.0 Å². The van der Waals surface area contributed by atoms with Crippen molar-refractivity contribution < 1.29 is 9.18 Å². The quantitative estimate of drug-likeness (QED) is 0.767. The molecule has 1 amide bonds. The van der Waals surface area contributed by atoms with Crippen molar-refractivity contribution in [3.8, 4) is 0 Å². The molecule has 128 valence electrons. The fourth-order valence-corrected chi connectivity index (χ4v) is 2.76. The number of aromatic amines is 1. The molecule has 0 bridgehead atoms. The molecule has 3 aromatic rings. The maximum atomic E-state index is 13.6. The molecule has 5 heteroatoms. The highest BCUT2D eigenvalue weighted by Gasteiger charge is 2.11. The van der Waals surface area contributed by atoms with E-state index in [0.717, 1.165) is 22.0 Å². The standard InChI is InChI=1S/C20H19FN2O2/c1-12-9-15-11-14(19(24)23-18(15)10-13(12)2)7-8-22-20(25)16-5-3-4-6-17(16)21/h3-6,9-11H,7-8H2,1-2H3,(H,22,25)(H,23,24). The normalized spacial score (nSPS) is 10.8. The van der Waals surface area contributed by atoms with E-state index >= 15 is 0 Å². The van der Waals surface area contributed by atoms with E-state index < -0.39 is 11.7 Å². The first kappa shape index (κ1) is 16.9. The second kappa shape index (κ2) is 6.89. The second-order valence-electron chi connectivity index (χ2n) is 6.13. The van der Waals surface area contributed by atoms with Gasteiger partial charge < -0.3 is 10.3 Å². The number of aromatic nitrogens is 1. The Labute approximate surface area is 144 Å². The van der Waals surface area contributed by atoms with Gasteiger partial charge in [0.05, 0.1) is 5.56 Å². The van der Waals surface area contributed by atoms with Crippen molar-refractivity contribution in [1.29, 1.82) is 0 Å². The number of rotatable bonds is 4. The topological polar surface area (TPSA) is 62.0 Å². The van der Waals surface area contributed by atoms with Crippen LogP contribution in [-0.2, 0) is 6.42 Å². The molecule has 3 rings (SSSR count). The molecule has 2 aromatic carbocycles. The number of halogens is 1. The van der Waals surface area contributed by atoms with Gasteiger partial charge in [-0.1, -0.05) is 12.1 Å². The molecule has 1 aromatic heterocycles. The monoisotopic (exact) mass is 338 g/mol. The van der Waals surface area contributed by atoms with Gasteiger partial charge in [0.2, 0.25) is 0 Å². The van der Waals surface area contributed by atoms with Crippen molar-refractivity contribution in [3.05, 3.63) is 80.9 Å². The van der Waals surface area contributed by atoms with Gasteiger partial charge in [0.1, 0.15) is 5.82 Å². The van der Waals surface area contributed by atoms with Crippen molar-refractivity contribution in [3.63, 3.8) is 0 Å². The lowest BCUT2D eigenvalue weighted by molar-refractivity contribution is 0.0950. The molecular formula is C20H19FN2O2. The van der Waals surface area contributed by atoms with Gasteiger partial charge >= 0.3 is 0 Å². The molecule has 1 heterocycles. The van der Waals surface area contributed by atoms with E-state index in [-0.39, 0.29) is 17.7 Å². The Bertz CT molecular complexity index is 1010. The van der Waals surface area contributed by atoms with E-state index in [9.17, 15) is 14.0 Å². The van der Waals surface area contributed by atoms with Gasteiger partial charge in [-0.05, 0) is 67.1 Å². The predicted octanol–water partition coefficient (Wildman–Crippen LogP) is 3.26. The van der Waals surface area contributed by atoms with Crippen LogP contribution < -0.4 is 10.9 Å². The molecule has 0 radical (unpaired) electrons. The Morgan fingerprint density at radius 3 is 2.60 bits per heavy atom. The van der Waals surface area contributed by atoms with Crippen LogP contribution in [-0.4, -0.2) is 17.4 Å². The van der Waals surface area contributed by atoms with Crippen LogP contribution >= 0.6 is 0 Å². The van der Waals surface area contributed by atoms with Crippen molar-refractivity contribution >= 4 is 16.8 Å². The first-order chi connectivity index (χ1) is 12.0. The summed E-state index contributed by atoms with van der Waals surface area (Å²) in [5.41, 5.74) is 3.49. The zero-order valence-electron chi connectivity index (χ0n) is 14.2. The minimum Gasteiger partial charge on any atom is -0.352 e. The maximum Gasteiger partial charge on any atom is 0.254 e. The minimum atomic E-state index is -0.561. The third-order valence-electron chi connectivity index (χ3n) is 4.33. The van der Waals surface area contributed by atoms with E-state index in [4.69, 9.17) is 0 Å². The molecule has 0 unspecified atom stereocenters. The number of aryl methyl sites for hydroxylation is 2. The number of H-pyrrole nitrogens is 1. The van der Waals surface area contributed by atoms with Gasteiger partial charge in [-0.25, -0.2) is 4.39 Å². The molecule has 2 N–H and O–H groups in total. The van der Waals surface area contributed by atoms with Crippen molar-refractivity contribution in [2.45, 2.75) is 20.3 Å². The first-order valence-corrected chi connectivity index (χ1v) is 8.11. The van der Waals surface area contributed by atoms with Gasteiger partial charge in [-0.2, -0.15) is 0 Å². The molecule has 0 fully saturated rings. The lowest BCUT2D eigenvalue weighted by atomic mass is 10.0. The summed E-state index contributed by atoms with van der Waals surface area (Å²) in [5.74, 6) is -1.05. The molecule has 0 atom stereocenters. The van der Waals surface area contributed by atoms with Crippen LogP contribution in [0.25, 0.3) is 10.9 Å². The van der Waals surface area contributed by atoms with E-state index in [0.29, 0.717) is 12.0 Å². The number of hydrogen-bond donors (Lipinski definition) is 2. The number of fused-ring (bicyclic) bond motifs is 1. The van der Waals surface area contributed by atoms with Crippen molar-refractivity contribution in [1.82, 2.24) is 10.3 Å². The van der Waals surface area contributed by atoms with E-state index in [1.165, 1.54) is 18.2 Å². The Morgan fingerprint density at radius 2 is 1.84 bits per heavy atom. The van der Waals surface area contributed by atoms with Crippen molar-refractivity contribution in [2.75, 3.05) is 6.54 Å². The third-order valence-corrected chi connectivity index (χ3v) is 4.33. The summed E-state index contributed by atoms with van der Waals surface area (Å²) in [6.45, 7) is 4.28. The number of benzene rings is 2. The Kier molecular flexibility index (Phi) is 4.65. The van der Waals surface area contributed by atoms with Gasteiger partial charge in [-0.15, -0.1) is 0 Å². The predicted molar refractivity (Wildman–Crippen MR) is 96.5 cm³/mol. The summed E-state index contributed by atoms with van der Waals surface area (Å²) in [7, 11) is 0. The summed E-state index contributed by atoms with van der Waals surface area (Å²) in [4.78, 5) is 27.1. The molecular weight excluding hydrogens is 319 g/mol. The van der Waals surface area contributed by atoms with Crippen LogP contribution in [0, 0.1) is 19.7 Å². The van der Waals surface area contributed by atoms with Crippen LogP contribution in [0.2, 0.25) is 0 Å². The Morgan fingerprint density at radius 1 is 1.12 bits per heavy atom. The minimum absolute atomic E-state index is 0.000945. The molecule has 0 aliphatic rings. The number of carbonyl (C=O) groups excluding carboxylic acids is 1. The van der Waals surface area contributed by atoms with Crippen LogP contribution in [0.3, 0.4) is 0 Å². The van der Waals surface area contributed by atoms with Gasteiger partial charge in [0, 0.05) is 17.6 Å². The van der Waals surface area contributed by atoms with Crippen LogP contribution in [0.15, 0.2) is 47.3 Å². The summed E-state index contributed by atoms with van der Waals surface area (Å²) >= 11 is 0. The van der Waals surface area contributed by atoms with Gasteiger partial charge in [-0.3, -0.25) is 9.59 Å². The number of amides is 1. The molecule has 0 saturated heterocycles. The fraction of sp³-hybridized carbons (Fsp3) is 0.200. The molecule has 0 saturated carbocycles. The lowest BCUT2D eigenvalue weighted by Crippen LogP contribution is -2.28. The highest BCUT2D eigenvalue weighted by molar-refractivity contribution is 5.94. The first-order valence-electron chi connectivity index (χ1n) is 8.11. The van der Waals surface area contributed by atoms with Gasteiger partial charge in [0.15, 0.2) is 0 Å². The Hall–Kier alpha value is -2.95. The zero-order chi connectivity index (χ0) is 18.0. The average Bonchev–Trinajstić information content (AvgIpc) is 2.57. The highest BCUT2D eigenvalue weighted by Crippen LogP contribution is 2.17. The number of pyridine rings is 1. The zero-order valence-corrected chi connectivity index (χ0v) is 14.2. The van der Waals surface area contributed by atoms with E-state index in [1.54, 1.807) is 6.07 Å². The average molecular weight is 338 g/mol. The molecule has 0 aliphatic carbocycles. The van der Waals surface area contributed by atoms with Crippen LogP contribution in [0.4, 0.5) is 4.39 Å². The number of carbonyl (C=O) groups is 1. The van der Waals surface area contributed by atoms with Crippen LogP contribution in [0.1, 0.15) is 27.0 Å². The molecule has 0 spiro atoms. The van der Waals surface area contributed by atoms with E-state index in [2.05, 4.69) is 10.3 Å². The fourth-order valence-electron chi connectivity index (χ4n) is 2.76. The van der Waals surface area contributed by atoms with Crippen molar-refractivity contribution in [2.24, 2.45) is 0 Å². The number of hydrogen-bond acceptors (Lipinski definition) is 2. The summed E-state index contributed by atoms with van der Waals surface area (Å²) < 4.78 is 13.6. The maximum absolute atomic E-state index is 13.6. The molecule has 0 aliphatic heterocycles. The van der Waals surface area contributed by atoms with Crippen LogP contribution in [0.5, 0.6) is 0 Å². The SMILES string of the molecule is Cc1cc2cc(CCNC(=O)c3ccccc3F)c(=O)[nH]c2cc1C.